The average Bonchev–Trinajstić information content (AvgIpc) is 2.40. The van der Waals surface area contributed by atoms with E-state index in [-0.39, 0.29) is 0 Å². The third-order valence-electron chi connectivity index (χ3n) is 4.24. The fourth-order valence-electron chi connectivity index (χ4n) is 2.80. The van der Waals surface area contributed by atoms with Crippen LogP contribution < -0.4 is 4.74 Å². The predicted octanol–water partition coefficient (Wildman–Crippen LogP) is 4.54. The van der Waals surface area contributed by atoms with Gasteiger partial charge in [-0.15, -0.1) is 0 Å². The summed E-state index contributed by atoms with van der Waals surface area (Å²) in [6.45, 7) is 7.19. The lowest BCUT2D eigenvalue weighted by Crippen LogP contribution is -2.32. The zero-order valence-corrected chi connectivity index (χ0v) is 13.9. The van der Waals surface area contributed by atoms with Crippen molar-refractivity contribution in [3.63, 3.8) is 0 Å². The van der Waals surface area contributed by atoms with Gasteiger partial charge in [0.2, 0.25) is 0 Å². The molecule has 3 heteroatoms. The second-order valence-corrected chi connectivity index (χ2v) is 12.2. The van der Waals surface area contributed by atoms with Crippen molar-refractivity contribution >= 4 is 19.9 Å². The Balaban J connectivity index is 2.29. The second-order valence-electron chi connectivity index (χ2n) is 6.64. The molecule has 0 aromatic heterocycles. The maximum absolute atomic E-state index is 12.2. The molecule has 1 aromatic carbocycles. The highest BCUT2D eigenvalue weighted by Crippen LogP contribution is 2.39. The van der Waals surface area contributed by atoms with Gasteiger partial charge in [-0.2, -0.15) is 0 Å². The van der Waals surface area contributed by atoms with Crippen LogP contribution in [0.2, 0.25) is 25.2 Å². The number of carbonyl (C=O) groups excluding carboxylic acids is 1. The van der Waals surface area contributed by atoms with Crippen molar-refractivity contribution in [2.45, 2.75) is 44.4 Å². The number of ketones is 1. The first-order chi connectivity index (χ1) is 9.41. The van der Waals surface area contributed by atoms with Crippen LogP contribution in [0.5, 0.6) is 5.75 Å². The van der Waals surface area contributed by atoms with Gasteiger partial charge in [0.05, 0.1) is 7.11 Å². The monoisotopic (exact) mass is 288 g/mol. The summed E-state index contributed by atoms with van der Waals surface area (Å²) < 4.78 is 5.37. The minimum Gasteiger partial charge on any atom is -0.496 e. The molecule has 20 heavy (non-hydrogen) atoms. The van der Waals surface area contributed by atoms with Crippen molar-refractivity contribution in [3.05, 3.63) is 35.4 Å². The predicted molar refractivity (Wildman–Crippen MR) is 86.9 cm³/mol. The van der Waals surface area contributed by atoms with E-state index in [0.717, 1.165) is 29.7 Å². The Morgan fingerprint density at radius 2 is 1.95 bits per heavy atom. The van der Waals surface area contributed by atoms with Gasteiger partial charge in [-0.3, -0.25) is 4.79 Å². The van der Waals surface area contributed by atoms with E-state index >= 15 is 0 Å². The molecule has 0 amide bonds. The molecule has 1 aliphatic rings. The van der Waals surface area contributed by atoms with Gasteiger partial charge in [0.15, 0.2) is 5.78 Å². The molecule has 0 saturated heterocycles. The highest BCUT2D eigenvalue weighted by atomic mass is 28.3. The van der Waals surface area contributed by atoms with E-state index in [2.05, 4.69) is 19.6 Å². The largest absolute Gasteiger partial charge is 0.496 e. The van der Waals surface area contributed by atoms with Gasteiger partial charge in [0, 0.05) is 20.1 Å². The summed E-state index contributed by atoms with van der Waals surface area (Å²) in [4.78, 5) is 12.2. The lowest BCUT2D eigenvalue weighted by Gasteiger charge is -2.33. The number of allylic oxidation sites excluding steroid dienone is 1. The van der Waals surface area contributed by atoms with Crippen LogP contribution in [-0.4, -0.2) is 21.0 Å². The quantitative estimate of drug-likeness (QED) is 0.603. The Morgan fingerprint density at radius 1 is 1.25 bits per heavy atom. The van der Waals surface area contributed by atoms with Crippen LogP contribution in [0.15, 0.2) is 29.8 Å². The number of benzene rings is 1. The SMILES string of the molecule is COc1ccccc1C=C1CC([Si](C)(C)C)CCC1=O. The molecule has 108 valence electrons. The van der Waals surface area contributed by atoms with Gasteiger partial charge in [-0.25, -0.2) is 0 Å². The van der Waals surface area contributed by atoms with Crippen LogP contribution >= 0.6 is 0 Å². The normalized spacial score (nSPS) is 22.1. The molecule has 0 spiro atoms. The van der Waals surface area contributed by atoms with Crippen LogP contribution in [0.4, 0.5) is 0 Å². The fourth-order valence-corrected chi connectivity index (χ4v) is 4.64. The van der Waals surface area contributed by atoms with Gasteiger partial charge < -0.3 is 4.74 Å². The minimum absolute atomic E-state index is 0.311. The number of Topliss-reactive ketones (excluding diaryl/α,β-unsaturated/α-hetero) is 1. The summed E-state index contributed by atoms with van der Waals surface area (Å²) in [5.74, 6) is 1.15. The van der Waals surface area contributed by atoms with E-state index in [1.807, 2.05) is 30.3 Å². The summed E-state index contributed by atoms with van der Waals surface area (Å²) in [6, 6.07) is 7.89. The molecule has 1 saturated carbocycles. The molecule has 1 unspecified atom stereocenters. The summed E-state index contributed by atoms with van der Waals surface area (Å²) in [5.41, 5.74) is 2.70. The molecule has 1 aromatic rings. The number of hydrogen-bond acceptors (Lipinski definition) is 2. The molecule has 0 bridgehead atoms. The van der Waals surface area contributed by atoms with E-state index in [1.54, 1.807) is 7.11 Å². The Hall–Kier alpha value is -1.35. The fraction of sp³-hybridized carbons (Fsp3) is 0.471. The number of methoxy groups -OCH3 is 1. The lowest BCUT2D eigenvalue weighted by atomic mass is 9.91. The Bertz CT molecular complexity index is 526. The van der Waals surface area contributed by atoms with Crippen molar-refractivity contribution in [1.82, 2.24) is 0 Å². The first-order valence-corrected chi connectivity index (χ1v) is 10.9. The summed E-state index contributed by atoms with van der Waals surface area (Å²) in [5, 5.41) is 0. The van der Waals surface area contributed by atoms with Gasteiger partial charge >= 0.3 is 0 Å². The van der Waals surface area contributed by atoms with Gasteiger partial charge in [-0.05, 0) is 36.1 Å². The summed E-state index contributed by atoms with van der Waals surface area (Å²) >= 11 is 0. The molecule has 0 N–H and O–H groups in total. The molecule has 2 rings (SSSR count). The van der Waals surface area contributed by atoms with Crippen molar-refractivity contribution in [2.75, 3.05) is 7.11 Å². The number of hydrogen-bond donors (Lipinski definition) is 0. The van der Waals surface area contributed by atoms with Gasteiger partial charge in [-0.1, -0.05) is 37.8 Å². The molecular weight excluding hydrogens is 264 g/mol. The maximum Gasteiger partial charge on any atom is 0.158 e. The van der Waals surface area contributed by atoms with Crippen LogP contribution in [0, 0.1) is 0 Å². The average molecular weight is 288 g/mol. The number of ether oxygens (including phenoxy) is 1. The second kappa shape index (κ2) is 5.96. The number of rotatable bonds is 3. The zero-order chi connectivity index (χ0) is 14.8. The lowest BCUT2D eigenvalue weighted by molar-refractivity contribution is -0.116. The third-order valence-corrected chi connectivity index (χ3v) is 7.18. The van der Waals surface area contributed by atoms with Crippen LogP contribution in [0.25, 0.3) is 6.08 Å². The molecule has 2 nitrogen and oxygen atoms in total. The highest BCUT2D eigenvalue weighted by molar-refractivity contribution is 6.77. The summed E-state index contributed by atoms with van der Waals surface area (Å²) in [7, 11) is 0.480. The Kier molecular flexibility index (Phi) is 4.48. The molecule has 1 fully saturated rings. The van der Waals surface area contributed by atoms with E-state index in [1.165, 1.54) is 0 Å². The minimum atomic E-state index is -1.19. The molecular formula is C17H24O2Si. The van der Waals surface area contributed by atoms with Crippen molar-refractivity contribution in [1.29, 1.82) is 0 Å². The number of para-hydroxylation sites is 1. The Morgan fingerprint density at radius 3 is 2.60 bits per heavy atom. The van der Waals surface area contributed by atoms with E-state index in [0.29, 0.717) is 17.7 Å². The van der Waals surface area contributed by atoms with E-state index in [9.17, 15) is 4.79 Å². The van der Waals surface area contributed by atoms with Crippen molar-refractivity contribution in [3.8, 4) is 5.75 Å². The van der Waals surface area contributed by atoms with Crippen LogP contribution in [0.3, 0.4) is 0 Å². The number of carbonyl (C=O) groups is 1. The van der Waals surface area contributed by atoms with E-state index < -0.39 is 8.07 Å². The first-order valence-electron chi connectivity index (χ1n) is 7.28. The smallest absolute Gasteiger partial charge is 0.158 e. The molecule has 0 heterocycles. The topological polar surface area (TPSA) is 26.3 Å². The zero-order valence-electron chi connectivity index (χ0n) is 12.9. The standard InChI is InChI=1S/C17H24O2Si/c1-19-17-8-6-5-7-13(17)11-14-12-15(20(2,3)4)9-10-16(14)18/h5-8,11,15H,9-10,12H2,1-4H3. The van der Waals surface area contributed by atoms with Gasteiger partial charge in [0.25, 0.3) is 0 Å². The maximum atomic E-state index is 12.2. The van der Waals surface area contributed by atoms with Crippen LogP contribution in [-0.2, 0) is 4.79 Å². The van der Waals surface area contributed by atoms with E-state index in [4.69, 9.17) is 4.74 Å². The van der Waals surface area contributed by atoms with Crippen molar-refractivity contribution in [2.24, 2.45) is 0 Å². The Labute approximate surface area is 122 Å². The molecule has 1 atom stereocenters. The summed E-state index contributed by atoms with van der Waals surface area (Å²) in [6.07, 6.45) is 4.74. The van der Waals surface area contributed by atoms with Crippen LogP contribution in [0.1, 0.15) is 24.8 Å². The molecule has 0 aliphatic heterocycles. The van der Waals surface area contributed by atoms with Gasteiger partial charge in [0.1, 0.15) is 5.75 Å². The van der Waals surface area contributed by atoms with Crippen molar-refractivity contribution < 1.29 is 9.53 Å². The first kappa shape index (κ1) is 15.0. The molecule has 0 radical (unpaired) electrons. The highest BCUT2D eigenvalue weighted by Gasteiger charge is 2.32. The third kappa shape index (κ3) is 3.40. The molecule has 1 aliphatic carbocycles.